The predicted molar refractivity (Wildman–Crippen MR) is 306 cm³/mol. The number of allylic oxidation sites excluding steroid dienone is 1. The van der Waals surface area contributed by atoms with Crippen LogP contribution in [-0.2, 0) is 18.4 Å². The van der Waals surface area contributed by atoms with Crippen molar-refractivity contribution in [2.45, 2.75) is 364 Å². The summed E-state index contributed by atoms with van der Waals surface area (Å²) >= 11 is 0. The molecule has 1 saturated carbocycles. The van der Waals surface area contributed by atoms with Gasteiger partial charge < -0.3 is 40.8 Å². The number of amides is 1. The van der Waals surface area contributed by atoms with Crippen LogP contribution in [0.1, 0.15) is 316 Å². The summed E-state index contributed by atoms with van der Waals surface area (Å²) < 4.78 is 23.1. The Bertz CT molecular complexity index is 1290. The second-order valence-electron chi connectivity index (χ2n) is 22.6. The fourth-order valence-electron chi connectivity index (χ4n) is 10.5. The van der Waals surface area contributed by atoms with E-state index in [0.29, 0.717) is 6.42 Å². The maximum absolute atomic E-state index is 13.1. The number of hydrogen-bond acceptors (Lipinski definition) is 10. The molecule has 1 rings (SSSR count). The van der Waals surface area contributed by atoms with Gasteiger partial charge in [0.05, 0.1) is 18.8 Å². The molecule has 1 aliphatic rings. The van der Waals surface area contributed by atoms with Crippen molar-refractivity contribution < 1.29 is 53.9 Å². The quantitative estimate of drug-likeness (QED) is 0.0163. The molecule has 1 amide bonds. The van der Waals surface area contributed by atoms with E-state index < -0.39 is 63.2 Å². The molecule has 0 radical (unpaired) electrons. The van der Waals surface area contributed by atoms with Crippen LogP contribution < -0.4 is 5.32 Å². The highest BCUT2D eigenvalue weighted by atomic mass is 31.2. The molecular formula is C61H120NO11P. The SMILES string of the molecule is CCCCCCCCCCCCCCC/C=C/[C@@H](O)[C@H](COP(=O)(O)OC1C(O)C(O)C(O)[C@@H](O)C1O)NC(=O)CCCCCCCCCCCCCCCCCCCCCCCCCCCCCCCCCC. The summed E-state index contributed by atoms with van der Waals surface area (Å²) in [7, 11) is -5.08. The number of phosphoric acid groups is 1. The van der Waals surface area contributed by atoms with E-state index in [2.05, 4.69) is 19.2 Å². The first-order valence-electron chi connectivity index (χ1n) is 31.6. The van der Waals surface area contributed by atoms with Gasteiger partial charge in [0.25, 0.3) is 0 Å². The number of phosphoric ester groups is 1. The molecule has 13 heteroatoms. The number of rotatable bonds is 55. The molecule has 12 nitrogen and oxygen atoms in total. The van der Waals surface area contributed by atoms with Crippen LogP contribution in [-0.4, -0.2) is 96.8 Å². The average Bonchev–Trinajstić information content (AvgIpc) is 3.39. The van der Waals surface area contributed by atoms with Crippen LogP contribution in [0.25, 0.3) is 0 Å². The van der Waals surface area contributed by atoms with Gasteiger partial charge in [0, 0.05) is 6.42 Å². The van der Waals surface area contributed by atoms with Crippen molar-refractivity contribution in [1.29, 1.82) is 0 Å². The Hall–Kier alpha value is -0.920. The molecule has 74 heavy (non-hydrogen) atoms. The monoisotopic (exact) mass is 1070 g/mol. The van der Waals surface area contributed by atoms with E-state index in [9.17, 15) is 44.9 Å². The summed E-state index contributed by atoms with van der Waals surface area (Å²) in [5.41, 5.74) is 0. The zero-order valence-corrected chi connectivity index (χ0v) is 48.8. The molecular weight excluding hydrogens is 954 g/mol. The first-order chi connectivity index (χ1) is 35.9. The van der Waals surface area contributed by atoms with E-state index in [0.717, 1.165) is 44.9 Å². The zero-order valence-electron chi connectivity index (χ0n) is 47.9. The van der Waals surface area contributed by atoms with Crippen molar-refractivity contribution in [2.75, 3.05) is 6.61 Å². The normalized spacial score (nSPS) is 20.8. The number of aliphatic hydroxyl groups is 6. The van der Waals surface area contributed by atoms with Crippen LogP contribution in [0.15, 0.2) is 12.2 Å². The fraction of sp³-hybridized carbons (Fsp3) is 0.951. The Morgan fingerprint density at radius 3 is 1.03 bits per heavy atom. The van der Waals surface area contributed by atoms with Crippen LogP contribution in [0.2, 0.25) is 0 Å². The molecule has 0 aromatic heterocycles. The lowest BCUT2D eigenvalue weighted by molar-refractivity contribution is -0.220. The van der Waals surface area contributed by atoms with Gasteiger partial charge in [-0.2, -0.15) is 0 Å². The molecule has 6 unspecified atom stereocenters. The first-order valence-corrected chi connectivity index (χ1v) is 33.1. The molecule has 0 aromatic carbocycles. The van der Waals surface area contributed by atoms with Gasteiger partial charge in [-0.25, -0.2) is 4.57 Å². The molecule has 0 bridgehead atoms. The number of carbonyl (C=O) groups is 1. The lowest BCUT2D eigenvalue weighted by atomic mass is 9.85. The Morgan fingerprint density at radius 2 is 0.716 bits per heavy atom. The van der Waals surface area contributed by atoms with Crippen molar-refractivity contribution in [3.63, 3.8) is 0 Å². The Kier molecular flexibility index (Phi) is 48.3. The molecule has 0 heterocycles. The number of carbonyl (C=O) groups excluding carboxylic acids is 1. The summed E-state index contributed by atoms with van der Waals surface area (Å²) in [6.45, 7) is 3.89. The number of hydrogen-bond donors (Lipinski definition) is 8. The number of aliphatic hydroxyl groups excluding tert-OH is 6. The summed E-state index contributed by atoms with van der Waals surface area (Å²) in [5.74, 6) is -0.333. The van der Waals surface area contributed by atoms with Crippen LogP contribution >= 0.6 is 7.82 Å². The molecule has 0 spiro atoms. The summed E-state index contributed by atoms with van der Waals surface area (Å²) in [5, 5.41) is 64.4. The van der Waals surface area contributed by atoms with Crippen LogP contribution in [0.5, 0.6) is 0 Å². The Morgan fingerprint density at radius 1 is 0.446 bits per heavy atom. The summed E-state index contributed by atoms with van der Waals surface area (Å²) in [6.07, 6.45) is 50.3. The van der Waals surface area contributed by atoms with E-state index in [4.69, 9.17) is 9.05 Å². The van der Waals surface area contributed by atoms with Crippen LogP contribution in [0.3, 0.4) is 0 Å². The summed E-state index contributed by atoms with van der Waals surface area (Å²) in [4.78, 5) is 23.6. The van der Waals surface area contributed by atoms with Gasteiger partial charge in [-0.15, -0.1) is 0 Å². The highest BCUT2D eigenvalue weighted by Gasteiger charge is 2.51. The second-order valence-corrected chi connectivity index (χ2v) is 24.0. The van der Waals surface area contributed by atoms with E-state index >= 15 is 0 Å². The van der Waals surface area contributed by atoms with Gasteiger partial charge in [0.2, 0.25) is 5.91 Å². The smallest absolute Gasteiger partial charge is 0.387 e. The van der Waals surface area contributed by atoms with Gasteiger partial charge in [0.15, 0.2) is 0 Å². The van der Waals surface area contributed by atoms with Gasteiger partial charge in [0.1, 0.15) is 36.6 Å². The van der Waals surface area contributed by atoms with Gasteiger partial charge in [-0.1, -0.05) is 302 Å². The fourth-order valence-corrected chi connectivity index (χ4v) is 11.5. The molecule has 1 aliphatic carbocycles. The van der Waals surface area contributed by atoms with E-state index in [1.54, 1.807) is 6.08 Å². The number of unbranched alkanes of at least 4 members (excludes halogenated alkanes) is 44. The minimum Gasteiger partial charge on any atom is -0.387 e. The maximum Gasteiger partial charge on any atom is 0.472 e. The largest absolute Gasteiger partial charge is 0.472 e. The third-order valence-corrected chi connectivity index (χ3v) is 16.6. The first kappa shape index (κ1) is 71.1. The minimum atomic E-state index is -5.08. The van der Waals surface area contributed by atoms with Crippen molar-refractivity contribution in [2.24, 2.45) is 0 Å². The van der Waals surface area contributed by atoms with Crippen molar-refractivity contribution in [3.05, 3.63) is 12.2 Å². The molecule has 0 aliphatic heterocycles. The van der Waals surface area contributed by atoms with E-state index in [-0.39, 0.29) is 12.3 Å². The topological polar surface area (TPSA) is 206 Å². The Labute approximate surface area is 454 Å². The second kappa shape index (κ2) is 50.3. The lowest BCUT2D eigenvalue weighted by Crippen LogP contribution is -2.64. The van der Waals surface area contributed by atoms with E-state index in [1.165, 1.54) is 244 Å². The molecule has 440 valence electrons. The van der Waals surface area contributed by atoms with Gasteiger partial charge in [-0.05, 0) is 19.3 Å². The third-order valence-electron chi connectivity index (χ3n) is 15.6. The van der Waals surface area contributed by atoms with Crippen LogP contribution in [0, 0.1) is 0 Å². The molecule has 0 aromatic rings. The van der Waals surface area contributed by atoms with Crippen molar-refractivity contribution in [3.8, 4) is 0 Å². The van der Waals surface area contributed by atoms with Crippen LogP contribution in [0.4, 0.5) is 0 Å². The minimum absolute atomic E-state index is 0.220. The molecule has 0 saturated heterocycles. The third kappa shape index (κ3) is 40.3. The standard InChI is InChI=1S/C61H120NO11P/c1-3-5-7-9-11-13-15-17-19-20-21-22-23-24-25-26-27-28-29-30-31-32-33-34-35-37-39-41-43-45-47-49-51-55(64)62-53(52-72-74(70,71)73-61-59(68)57(66)56(65)58(67)60(61)69)54(63)50-48-46-44-42-40-38-36-18-16-14-12-10-8-6-4-2/h48,50,53-54,56-61,63,65-69H,3-47,49,51-52H2,1-2H3,(H,62,64)(H,70,71)/b50-48+/t53-,54+,56?,57+,58?,59?,60?,61?/m0/s1. The van der Waals surface area contributed by atoms with Gasteiger partial charge >= 0.3 is 7.82 Å². The maximum atomic E-state index is 13.1. The molecule has 9 atom stereocenters. The number of nitrogens with one attached hydrogen (secondary N) is 1. The molecule has 1 fully saturated rings. The predicted octanol–water partition coefficient (Wildman–Crippen LogP) is 15.1. The molecule has 8 N–H and O–H groups in total. The van der Waals surface area contributed by atoms with E-state index in [1.807, 2.05) is 6.08 Å². The average molecular weight is 1070 g/mol. The zero-order chi connectivity index (χ0) is 54.2. The van der Waals surface area contributed by atoms with Crippen molar-refractivity contribution in [1.82, 2.24) is 5.32 Å². The highest BCUT2D eigenvalue weighted by molar-refractivity contribution is 7.47. The lowest BCUT2D eigenvalue weighted by Gasteiger charge is -2.41. The van der Waals surface area contributed by atoms with Crippen molar-refractivity contribution >= 4 is 13.7 Å². The Balaban J connectivity index is 2.20. The highest BCUT2D eigenvalue weighted by Crippen LogP contribution is 2.47. The summed E-state index contributed by atoms with van der Waals surface area (Å²) in [6, 6.07) is -1.11. The van der Waals surface area contributed by atoms with Gasteiger partial charge in [-0.3, -0.25) is 13.8 Å².